The molecule has 0 radical (unpaired) electrons. The lowest BCUT2D eigenvalue weighted by Crippen LogP contribution is -2.39. The lowest BCUT2D eigenvalue weighted by molar-refractivity contribution is 0.387. The molecule has 2 N–H and O–H groups in total. The van der Waals surface area contributed by atoms with Crippen LogP contribution in [0.5, 0.6) is 5.75 Å². The van der Waals surface area contributed by atoms with E-state index in [0.717, 1.165) is 22.4 Å². The van der Waals surface area contributed by atoms with Gasteiger partial charge in [0.25, 0.3) is 0 Å². The van der Waals surface area contributed by atoms with E-state index in [1.165, 1.54) is 12.3 Å². The van der Waals surface area contributed by atoms with E-state index in [-0.39, 0.29) is 5.82 Å². The summed E-state index contributed by atoms with van der Waals surface area (Å²) in [5, 5.41) is 0. The number of hydrogen-bond donors (Lipinski definition) is 1. The number of benzene rings is 1. The molecule has 0 amide bonds. The first-order chi connectivity index (χ1) is 9.92. The minimum Gasteiger partial charge on any atom is -0.496 e. The summed E-state index contributed by atoms with van der Waals surface area (Å²) in [7, 11) is 1.63. The number of aryl methyl sites for hydroxylation is 2. The Morgan fingerprint density at radius 3 is 2.52 bits per heavy atom. The van der Waals surface area contributed by atoms with Gasteiger partial charge >= 0.3 is 0 Å². The average molecular weight is 288 g/mol. The van der Waals surface area contributed by atoms with Crippen LogP contribution in [-0.2, 0) is 5.54 Å². The molecule has 4 heteroatoms. The highest BCUT2D eigenvalue weighted by Crippen LogP contribution is 2.38. The number of hydrogen-bond acceptors (Lipinski definition) is 3. The van der Waals surface area contributed by atoms with Gasteiger partial charge in [0.2, 0.25) is 0 Å². The lowest BCUT2D eigenvalue weighted by Gasteiger charge is -2.31. The highest BCUT2D eigenvalue weighted by atomic mass is 19.1. The smallest absolute Gasteiger partial charge is 0.141 e. The lowest BCUT2D eigenvalue weighted by atomic mass is 9.81. The summed E-state index contributed by atoms with van der Waals surface area (Å²) < 4.78 is 18.6. The van der Waals surface area contributed by atoms with Crippen molar-refractivity contribution < 1.29 is 9.13 Å². The van der Waals surface area contributed by atoms with Gasteiger partial charge in [0.1, 0.15) is 11.6 Å². The van der Waals surface area contributed by atoms with E-state index in [9.17, 15) is 4.39 Å². The zero-order valence-electron chi connectivity index (χ0n) is 12.9. The molecule has 0 saturated heterocycles. The zero-order valence-corrected chi connectivity index (χ0v) is 12.9. The largest absolute Gasteiger partial charge is 0.496 e. The van der Waals surface area contributed by atoms with Crippen molar-refractivity contribution in [1.82, 2.24) is 4.98 Å². The van der Waals surface area contributed by atoms with Crippen LogP contribution in [0.2, 0.25) is 0 Å². The third-order valence-corrected chi connectivity index (χ3v) is 3.85. The maximum Gasteiger partial charge on any atom is 0.141 e. The first-order valence-electron chi connectivity index (χ1n) is 6.99. The first kappa shape index (κ1) is 15.4. The summed E-state index contributed by atoms with van der Waals surface area (Å²) in [6, 6.07) is 7.05. The molecule has 2 aromatic rings. The molecule has 1 atom stereocenters. The second-order valence-corrected chi connectivity index (χ2v) is 5.35. The Hall–Kier alpha value is -1.94. The highest BCUT2D eigenvalue weighted by Gasteiger charge is 2.33. The number of pyridine rings is 1. The van der Waals surface area contributed by atoms with Crippen molar-refractivity contribution in [1.29, 1.82) is 0 Å². The summed E-state index contributed by atoms with van der Waals surface area (Å²) in [5.41, 5.74) is 9.53. The van der Waals surface area contributed by atoms with Crippen molar-refractivity contribution in [2.75, 3.05) is 7.11 Å². The molecule has 0 aliphatic heterocycles. The number of rotatable bonds is 4. The van der Waals surface area contributed by atoms with E-state index < -0.39 is 5.54 Å². The maximum atomic E-state index is 13.1. The van der Waals surface area contributed by atoms with Crippen LogP contribution in [0.4, 0.5) is 4.39 Å². The van der Waals surface area contributed by atoms with Gasteiger partial charge < -0.3 is 10.5 Å². The fraction of sp³-hybridized carbons (Fsp3) is 0.353. The fourth-order valence-corrected chi connectivity index (χ4v) is 2.79. The van der Waals surface area contributed by atoms with E-state index in [1.54, 1.807) is 13.2 Å². The van der Waals surface area contributed by atoms with E-state index in [2.05, 4.69) is 11.1 Å². The minimum absolute atomic E-state index is 0.371. The number of ether oxygens (including phenoxy) is 1. The second-order valence-electron chi connectivity index (χ2n) is 5.35. The van der Waals surface area contributed by atoms with Crippen molar-refractivity contribution in [2.45, 2.75) is 32.7 Å². The Balaban J connectivity index is 2.68. The molecule has 0 spiro atoms. The molecule has 112 valence electrons. The molecule has 2 rings (SSSR count). The molecule has 1 aromatic carbocycles. The van der Waals surface area contributed by atoms with Crippen LogP contribution in [-0.4, -0.2) is 12.1 Å². The Bertz CT molecular complexity index is 640. The Labute approximate surface area is 125 Å². The van der Waals surface area contributed by atoms with Crippen molar-refractivity contribution in [3.05, 3.63) is 58.7 Å². The summed E-state index contributed by atoms with van der Waals surface area (Å²) in [6.07, 6.45) is 1.83. The van der Waals surface area contributed by atoms with Crippen LogP contribution in [0.25, 0.3) is 0 Å². The zero-order chi connectivity index (χ0) is 15.6. The molecule has 1 aromatic heterocycles. The Kier molecular flexibility index (Phi) is 4.28. The van der Waals surface area contributed by atoms with Crippen molar-refractivity contribution in [3.63, 3.8) is 0 Å². The van der Waals surface area contributed by atoms with Crippen LogP contribution < -0.4 is 10.5 Å². The van der Waals surface area contributed by atoms with E-state index in [1.807, 2.05) is 26.8 Å². The fourth-order valence-electron chi connectivity index (χ4n) is 2.79. The molecule has 0 fully saturated rings. The topological polar surface area (TPSA) is 48.1 Å². The molecular formula is C17H21FN2O. The van der Waals surface area contributed by atoms with Crippen molar-refractivity contribution >= 4 is 0 Å². The highest BCUT2D eigenvalue weighted by molar-refractivity contribution is 5.50. The normalized spacial score (nSPS) is 13.8. The van der Waals surface area contributed by atoms with E-state index in [0.29, 0.717) is 12.1 Å². The van der Waals surface area contributed by atoms with Crippen molar-refractivity contribution in [2.24, 2.45) is 5.73 Å². The van der Waals surface area contributed by atoms with Gasteiger partial charge in [0.05, 0.1) is 24.5 Å². The third kappa shape index (κ3) is 2.76. The SMILES string of the molecule is CCC(N)(c1ccc(F)cn1)c1c(C)cc(C)cc1OC. The van der Waals surface area contributed by atoms with Crippen LogP contribution in [0.3, 0.4) is 0 Å². The van der Waals surface area contributed by atoms with Gasteiger partial charge in [-0.1, -0.05) is 13.0 Å². The van der Waals surface area contributed by atoms with Gasteiger partial charge in [-0.15, -0.1) is 0 Å². The maximum absolute atomic E-state index is 13.1. The monoisotopic (exact) mass is 288 g/mol. The van der Waals surface area contributed by atoms with Crippen LogP contribution in [0.1, 0.15) is 35.7 Å². The molecule has 1 heterocycles. The van der Waals surface area contributed by atoms with E-state index >= 15 is 0 Å². The molecule has 0 bridgehead atoms. The van der Waals surface area contributed by atoms with Gasteiger partial charge in [-0.2, -0.15) is 0 Å². The number of aromatic nitrogens is 1. The van der Waals surface area contributed by atoms with Crippen LogP contribution in [0, 0.1) is 19.7 Å². The predicted molar refractivity (Wildman–Crippen MR) is 81.9 cm³/mol. The standard InChI is InChI=1S/C17H21FN2O/c1-5-17(19,15-7-6-13(18)10-20-15)16-12(3)8-11(2)9-14(16)21-4/h6-10H,5,19H2,1-4H3. The summed E-state index contributed by atoms with van der Waals surface area (Å²) >= 11 is 0. The molecule has 0 saturated carbocycles. The van der Waals surface area contributed by atoms with Gasteiger partial charge in [0, 0.05) is 5.56 Å². The Morgan fingerprint density at radius 1 is 1.29 bits per heavy atom. The van der Waals surface area contributed by atoms with Gasteiger partial charge in [-0.3, -0.25) is 4.98 Å². The molecule has 0 aliphatic rings. The minimum atomic E-state index is -0.809. The predicted octanol–water partition coefficient (Wildman–Crippen LogP) is 3.46. The quantitative estimate of drug-likeness (QED) is 0.937. The summed E-state index contributed by atoms with van der Waals surface area (Å²) in [4.78, 5) is 4.18. The Morgan fingerprint density at radius 2 is 2.00 bits per heavy atom. The molecule has 0 aliphatic carbocycles. The van der Waals surface area contributed by atoms with E-state index in [4.69, 9.17) is 10.5 Å². The molecular weight excluding hydrogens is 267 g/mol. The second kappa shape index (κ2) is 5.82. The molecule has 1 unspecified atom stereocenters. The number of methoxy groups -OCH3 is 1. The van der Waals surface area contributed by atoms with Crippen LogP contribution in [0.15, 0.2) is 30.5 Å². The van der Waals surface area contributed by atoms with Gasteiger partial charge in [0.15, 0.2) is 0 Å². The third-order valence-electron chi connectivity index (χ3n) is 3.85. The number of halogens is 1. The van der Waals surface area contributed by atoms with Crippen LogP contribution >= 0.6 is 0 Å². The molecule has 21 heavy (non-hydrogen) atoms. The first-order valence-corrected chi connectivity index (χ1v) is 6.99. The molecule has 3 nitrogen and oxygen atoms in total. The average Bonchev–Trinajstić information content (AvgIpc) is 2.46. The summed E-state index contributed by atoms with van der Waals surface area (Å²) in [6.45, 7) is 6.01. The van der Waals surface area contributed by atoms with Gasteiger partial charge in [-0.25, -0.2) is 4.39 Å². The van der Waals surface area contributed by atoms with Crippen molar-refractivity contribution in [3.8, 4) is 5.75 Å². The number of nitrogens with zero attached hydrogens (tertiary/aromatic N) is 1. The summed E-state index contributed by atoms with van der Waals surface area (Å²) in [5.74, 6) is 0.368. The number of nitrogens with two attached hydrogens (primary N) is 1. The van der Waals surface area contributed by atoms with Gasteiger partial charge in [-0.05, 0) is 49.6 Å².